The lowest BCUT2D eigenvalue weighted by atomic mass is 10.1. The summed E-state index contributed by atoms with van der Waals surface area (Å²) in [5, 5.41) is 3.33. The zero-order valence-corrected chi connectivity index (χ0v) is 14.4. The summed E-state index contributed by atoms with van der Waals surface area (Å²) in [7, 11) is 0. The molecule has 1 saturated heterocycles. The number of hydrogen-bond acceptors (Lipinski definition) is 4. The van der Waals surface area contributed by atoms with Gasteiger partial charge in [-0.25, -0.2) is 9.97 Å². The van der Waals surface area contributed by atoms with Crippen LogP contribution in [0.4, 0.5) is 11.5 Å². The van der Waals surface area contributed by atoms with Crippen molar-refractivity contribution in [1.29, 1.82) is 0 Å². The van der Waals surface area contributed by atoms with E-state index in [2.05, 4.69) is 41.3 Å². The monoisotopic (exact) mass is 324 g/mol. The zero-order valence-electron chi connectivity index (χ0n) is 14.4. The first-order valence-electron chi connectivity index (χ1n) is 8.60. The van der Waals surface area contributed by atoms with Crippen molar-refractivity contribution in [3.8, 4) is 0 Å². The number of anilines is 2. The largest absolute Gasteiger partial charge is 0.340 e. The number of carbonyl (C=O) groups is 1. The van der Waals surface area contributed by atoms with E-state index < -0.39 is 0 Å². The molecule has 126 valence electrons. The summed E-state index contributed by atoms with van der Waals surface area (Å²) in [5.74, 6) is 0.657. The third-order valence-corrected chi connectivity index (χ3v) is 4.51. The van der Waals surface area contributed by atoms with Gasteiger partial charge in [0.1, 0.15) is 17.8 Å². The van der Waals surface area contributed by atoms with Crippen molar-refractivity contribution in [3.63, 3.8) is 0 Å². The second kappa shape index (κ2) is 7.43. The van der Waals surface area contributed by atoms with Crippen molar-refractivity contribution in [1.82, 2.24) is 14.9 Å². The molecule has 1 aromatic heterocycles. The molecule has 5 nitrogen and oxygen atoms in total. The average molecular weight is 324 g/mol. The van der Waals surface area contributed by atoms with Gasteiger partial charge in [-0.15, -0.1) is 0 Å². The minimum Gasteiger partial charge on any atom is -0.340 e. The Morgan fingerprint density at radius 1 is 1.04 bits per heavy atom. The van der Waals surface area contributed by atoms with Crippen LogP contribution in [0.25, 0.3) is 0 Å². The molecule has 1 amide bonds. The number of carbonyl (C=O) groups excluding carboxylic acids is 1. The molecule has 2 heterocycles. The van der Waals surface area contributed by atoms with Crippen LogP contribution < -0.4 is 5.32 Å². The lowest BCUT2D eigenvalue weighted by Crippen LogP contribution is -2.32. The van der Waals surface area contributed by atoms with Gasteiger partial charge in [0.15, 0.2) is 0 Å². The van der Waals surface area contributed by atoms with Gasteiger partial charge in [-0.1, -0.05) is 31.0 Å². The maximum Gasteiger partial charge on any atom is 0.272 e. The second-order valence-electron chi connectivity index (χ2n) is 6.39. The number of amides is 1. The number of benzene rings is 1. The summed E-state index contributed by atoms with van der Waals surface area (Å²) in [6.07, 6.45) is 6.01. The van der Waals surface area contributed by atoms with Crippen LogP contribution in [0.1, 0.15) is 47.3 Å². The summed E-state index contributed by atoms with van der Waals surface area (Å²) in [5.41, 5.74) is 3.79. The van der Waals surface area contributed by atoms with Gasteiger partial charge in [-0.05, 0) is 37.8 Å². The van der Waals surface area contributed by atoms with Crippen LogP contribution in [0.5, 0.6) is 0 Å². The summed E-state index contributed by atoms with van der Waals surface area (Å²) in [4.78, 5) is 23.1. The number of para-hydroxylation sites is 1. The SMILES string of the molecule is Cc1cccc(C)c1Nc1cc(C(=O)N2CCCCCC2)ncn1. The van der Waals surface area contributed by atoms with E-state index in [0.29, 0.717) is 11.5 Å². The van der Waals surface area contributed by atoms with Gasteiger partial charge < -0.3 is 10.2 Å². The fourth-order valence-electron chi connectivity index (χ4n) is 3.12. The van der Waals surface area contributed by atoms with Gasteiger partial charge >= 0.3 is 0 Å². The van der Waals surface area contributed by atoms with E-state index in [-0.39, 0.29) is 5.91 Å². The molecule has 0 atom stereocenters. The first-order chi connectivity index (χ1) is 11.6. The van der Waals surface area contributed by atoms with Crippen LogP contribution in [-0.4, -0.2) is 33.9 Å². The van der Waals surface area contributed by atoms with Gasteiger partial charge in [0, 0.05) is 24.8 Å². The number of aryl methyl sites for hydroxylation is 2. The van der Waals surface area contributed by atoms with Gasteiger partial charge in [-0.3, -0.25) is 4.79 Å². The zero-order chi connectivity index (χ0) is 16.9. The smallest absolute Gasteiger partial charge is 0.272 e. The Morgan fingerprint density at radius 3 is 2.38 bits per heavy atom. The number of hydrogen-bond donors (Lipinski definition) is 1. The van der Waals surface area contributed by atoms with Gasteiger partial charge in [0.05, 0.1) is 0 Å². The van der Waals surface area contributed by atoms with E-state index in [4.69, 9.17) is 0 Å². The molecule has 0 saturated carbocycles. The molecule has 0 radical (unpaired) electrons. The molecular weight excluding hydrogens is 300 g/mol. The molecule has 1 fully saturated rings. The van der Waals surface area contributed by atoms with E-state index in [9.17, 15) is 4.79 Å². The lowest BCUT2D eigenvalue weighted by molar-refractivity contribution is 0.0755. The van der Waals surface area contributed by atoms with Crippen molar-refractivity contribution in [2.24, 2.45) is 0 Å². The molecule has 1 aliphatic heterocycles. The predicted molar refractivity (Wildman–Crippen MR) is 95.6 cm³/mol. The van der Waals surface area contributed by atoms with E-state index in [1.807, 2.05) is 11.0 Å². The third kappa shape index (κ3) is 3.72. The molecule has 0 unspecified atom stereocenters. The molecule has 1 aromatic carbocycles. The first kappa shape index (κ1) is 16.4. The highest BCUT2D eigenvalue weighted by atomic mass is 16.2. The highest BCUT2D eigenvalue weighted by Crippen LogP contribution is 2.23. The Hall–Kier alpha value is -2.43. The normalized spacial score (nSPS) is 15.0. The standard InChI is InChI=1S/C19H24N4O/c1-14-8-7-9-15(2)18(14)22-17-12-16(20-13-21-17)19(24)23-10-5-3-4-6-11-23/h7-9,12-13H,3-6,10-11H2,1-2H3,(H,20,21,22). The minimum absolute atomic E-state index is 0.00357. The molecule has 1 N–H and O–H groups in total. The molecule has 5 heteroatoms. The molecular formula is C19H24N4O. The van der Waals surface area contributed by atoms with Crippen LogP contribution in [0.3, 0.4) is 0 Å². The van der Waals surface area contributed by atoms with Gasteiger partial charge in [0.2, 0.25) is 0 Å². The Labute approximate surface area is 143 Å². The topological polar surface area (TPSA) is 58.1 Å². The number of aromatic nitrogens is 2. The number of likely N-dealkylation sites (tertiary alicyclic amines) is 1. The molecule has 2 aromatic rings. The highest BCUT2D eigenvalue weighted by Gasteiger charge is 2.19. The highest BCUT2D eigenvalue weighted by molar-refractivity contribution is 5.93. The van der Waals surface area contributed by atoms with Crippen LogP contribution in [0.2, 0.25) is 0 Å². The predicted octanol–water partition coefficient (Wildman–Crippen LogP) is 3.85. The summed E-state index contributed by atoms with van der Waals surface area (Å²) in [6, 6.07) is 7.89. The van der Waals surface area contributed by atoms with Gasteiger partial charge in [-0.2, -0.15) is 0 Å². The Bertz CT molecular complexity index is 701. The fraction of sp³-hybridized carbons (Fsp3) is 0.421. The van der Waals surface area contributed by atoms with Crippen molar-refractivity contribution in [2.45, 2.75) is 39.5 Å². The Morgan fingerprint density at radius 2 is 1.71 bits per heavy atom. The molecule has 0 bridgehead atoms. The van der Waals surface area contributed by atoms with Crippen molar-refractivity contribution in [3.05, 3.63) is 47.4 Å². The molecule has 0 aliphatic carbocycles. The number of nitrogens with one attached hydrogen (secondary N) is 1. The van der Waals surface area contributed by atoms with E-state index in [1.165, 1.54) is 19.2 Å². The fourth-order valence-corrected chi connectivity index (χ4v) is 3.12. The van der Waals surface area contributed by atoms with Crippen LogP contribution in [-0.2, 0) is 0 Å². The van der Waals surface area contributed by atoms with E-state index in [1.54, 1.807) is 6.07 Å². The quantitative estimate of drug-likeness (QED) is 0.931. The Kier molecular flexibility index (Phi) is 5.08. The van der Waals surface area contributed by atoms with Crippen LogP contribution >= 0.6 is 0 Å². The average Bonchev–Trinajstić information content (AvgIpc) is 2.87. The van der Waals surface area contributed by atoms with Crippen LogP contribution in [0, 0.1) is 13.8 Å². The first-order valence-corrected chi connectivity index (χ1v) is 8.60. The summed E-state index contributed by atoms with van der Waals surface area (Å²) < 4.78 is 0. The minimum atomic E-state index is 0.00357. The summed E-state index contributed by atoms with van der Waals surface area (Å²) >= 11 is 0. The van der Waals surface area contributed by atoms with E-state index >= 15 is 0 Å². The maximum atomic E-state index is 12.7. The Balaban J connectivity index is 1.80. The molecule has 0 spiro atoms. The lowest BCUT2D eigenvalue weighted by Gasteiger charge is -2.20. The molecule has 1 aliphatic rings. The third-order valence-electron chi connectivity index (χ3n) is 4.51. The van der Waals surface area contributed by atoms with Crippen molar-refractivity contribution < 1.29 is 4.79 Å². The van der Waals surface area contributed by atoms with Gasteiger partial charge in [0.25, 0.3) is 5.91 Å². The van der Waals surface area contributed by atoms with Crippen molar-refractivity contribution >= 4 is 17.4 Å². The van der Waals surface area contributed by atoms with E-state index in [0.717, 1.165) is 42.7 Å². The van der Waals surface area contributed by atoms with Crippen LogP contribution in [0.15, 0.2) is 30.6 Å². The second-order valence-corrected chi connectivity index (χ2v) is 6.39. The number of nitrogens with zero attached hydrogens (tertiary/aromatic N) is 3. The molecule has 24 heavy (non-hydrogen) atoms. The van der Waals surface area contributed by atoms with Crippen molar-refractivity contribution in [2.75, 3.05) is 18.4 Å². The number of rotatable bonds is 3. The summed E-state index contributed by atoms with van der Waals surface area (Å²) in [6.45, 7) is 5.75. The maximum absolute atomic E-state index is 12.7. The molecule has 3 rings (SSSR count).